The van der Waals surface area contributed by atoms with Crippen LogP contribution in [0.2, 0.25) is 0 Å². The molecule has 2 heterocycles. The zero-order chi connectivity index (χ0) is 11.7. The minimum Gasteiger partial charge on any atom is -0.490 e. The smallest absolute Gasteiger partial charge is 0.120 e. The molecule has 0 aliphatic carbocycles. The van der Waals surface area contributed by atoms with E-state index < -0.39 is 0 Å². The monoisotopic (exact) mass is 230 g/mol. The van der Waals surface area contributed by atoms with Crippen molar-refractivity contribution in [2.45, 2.75) is 25.9 Å². The molecule has 0 spiro atoms. The van der Waals surface area contributed by atoms with Crippen LogP contribution in [0.25, 0.3) is 10.9 Å². The summed E-state index contributed by atoms with van der Waals surface area (Å²) < 4.78 is 6.02. The van der Waals surface area contributed by atoms with Crippen LogP contribution in [-0.2, 0) is 0 Å². The van der Waals surface area contributed by atoms with Gasteiger partial charge in [-0.05, 0) is 57.1 Å². The summed E-state index contributed by atoms with van der Waals surface area (Å²) in [5, 5.41) is 4.58. The summed E-state index contributed by atoms with van der Waals surface area (Å²) in [4.78, 5) is 3.32. The van der Waals surface area contributed by atoms with Crippen molar-refractivity contribution in [2.24, 2.45) is 0 Å². The number of rotatable bonds is 2. The Balaban J connectivity index is 1.79. The summed E-state index contributed by atoms with van der Waals surface area (Å²) in [5.74, 6) is 0.989. The highest BCUT2D eigenvalue weighted by Crippen LogP contribution is 2.23. The van der Waals surface area contributed by atoms with Gasteiger partial charge in [0, 0.05) is 16.6 Å². The van der Waals surface area contributed by atoms with E-state index in [2.05, 4.69) is 41.5 Å². The maximum atomic E-state index is 6.02. The molecular weight excluding hydrogens is 212 g/mol. The third-order valence-electron chi connectivity index (χ3n) is 3.32. The fourth-order valence-corrected chi connectivity index (χ4v) is 2.43. The summed E-state index contributed by atoms with van der Waals surface area (Å²) in [6.45, 7) is 4.21. The molecule has 3 rings (SSSR count). The van der Waals surface area contributed by atoms with Gasteiger partial charge >= 0.3 is 0 Å². The van der Waals surface area contributed by atoms with E-state index in [-0.39, 0.29) is 0 Å². The Morgan fingerprint density at radius 3 is 2.82 bits per heavy atom. The molecule has 90 valence electrons. The first kappa shape index (κ1) is 10.7. The van der Waals surface area contributed by atoms with E-state index in [1.807, 2.05) is 0 Å². The van der Waals surface area contributed by atoms with E-state index in [1.165, 1.54) is 16.6 Å². The zero-order valence-electron chi connectivity index (χ0n) is 10.1. The van der Waals surface area contributed by atoms with Crippen molar-refractivity contribution in [2.75, 3.05) is 13.1 Å². The number of aromatic amines is 1. The van der Waals surface area contributed by atoms with Crippen molar-refractivity contribution in [3.63, 3.8) is 0 Å². The molecule has 17 heavy (non-hydrogen) atoms. The van der Waals surface area contributed by atoms with Gasteiger partial charge in [-0.15, -0.1) is 0 Å². The molecule has 1 aromatic heterocycles. The Morgan fingerprint density at radius 2 is 2.00 bits per heavy atom. The second kappa shape index (κ2) is 4.41. The number of hydrogen-bond donors (Lipinski definition) is 2. The topological polar surface area (TPSA) is 37.0 Å². The lowest BCUT2D eigenvalue weighted by atomic mass is 10.1. The van der Waals surface area contributed by atoms with E-state index in [4.69, 9.17) is 4.74 Å². The molecule has 3 nitrogen and oxygen atoms in total. The molecule has 0 saturated carbocycles. The average molecular weight is 230 g/mol. The highest BCUT2D eigenvalue weighted by Gasteiger charge is 2.14. The Bertz CT molecular complexity index is 512. The predicted molar refractivity (Wildman–Crippen MR) is 69.6 cm³/mol. The van der Waals surface area contributed by atoms with Crippen LogP contribution in [0, 0.1) is 6.92 Å². The number of hydrogen-bond acceptors (Lipinski definition) is 2. The Kier molecular flexibility index (Phi) is 2.77. The minimum absolute atomic E-state index is 0.369. The third kappa shape index (κ3) is 2.29. The van der Waals surface area contributed by atoms with Gasteiger partial charge in [-0.1, -0.05) is 0 Å². The van der Waals surface area contributed by atoms with Crippen molar-refractivity contribution in [1.82, 2.24) is 10.3 Å². The first-order valence-electron chi connectivity index (χ1n) is 6.28. The second-order valence-electron chi connectivity index (χ2n) is 4.77. The van der Waals surface area contributed by atoms with Gasteiger partial charge < -0.3 is 15.0 Å². The quantitative estimate of drug-likeness (QED) is 0.832. The molecule has 0 atom stereocenters. The number of benzene rings is 1. The summed E-state index contributed by atoms with van der Waals surface area (Å²) in [5.41, 5.74) is 2.37. The number of nitrogens with one attached hydrogen (secondary N) is 2. The first-order chi connectivity index (χ1) is 8.31. The van der Waals surface area contributed by atoms with Gasteiger partial charge in [-0.2, -0.15) is 0 Å². The van der Waals surface area contributed by atoms with Gasteiger partial charge in [-0.25, -0.2) is 0 Å². The Morgan fingerprint density at radius 1 is 1.18 bits per heavy atom. The lowest BCUT2D eigenvalue weighted by Crippen LogP contribution is -2.34. The van der Waals surface area contributed by atoms with Crippen LogP contribution >= 0.6 is 0 Å². The molecule has 0 radical (unpaired) electrons. The number of fused-ring (bicyclic) bond motifs is 1. The molecular formula is C14H18N2O. The Labute approximate surface area is 101 Å². The van der Waals surface area contributed by atoms with Crippen LogP contribution < -0.4 is 10.1 Å². The number of aryl methyl sites for hydroxylation is 1. The molecule has 1 saturated heterocycles. The van der Waals surface area contributed by atoms with Crippen LogP contribution in [-0.4, -0.2) is 24.2 Å². The van der Waals surface area contributed by atoms with Crippen molar-refractivity contribution >= 4 is 10.9 Å². The standard InChI is InChI=1S/C14H18N2O/c1-10-8-11-9-13(2-3-14(11)16-10)17-12-4-6-15-7-5-12/h2-3,8-9,12,15-16H,4-7H2,1H3. The summed E-state index contributed by atoms with van der Waals surface area (Å²) >= 11 is 0. The van der Waals surface area contributed by atoms with Gasteiger partial charge in [0.15, 0.2) is 0 Å². The molecule has 1 aliphatic rings. The van der Waals surface area contributed by atoms with Crippen LogP contribution in [0.3, 0.4) is 0 Å². The fraction of sp³-hybridized carbons (Fsp3) is 0.429. The van der Waals surface area contributed by atoms with Crippen LogP contribution in [0.15, 0.2) is 24.3 Å². The largest absolute Gasteiger partial charge is 0.490 e. The Hall–Kier alpha value is -1.48. The molecule has 1 aliphatic heterocycles. The highest BCUT2D eigenvalue weighted by atomic mass is 16.5. The highest BCUT2D eigenvalue weighted by molar-refractivity contribution is 5.81. The van der Waals surface area contributed by atoms with E-state index in [0.717, 1.165) is 31.7 Å². The van der Waals surface area contributed by atoms with Gasteiger partial charge in [0.25, 0.3) is 0 Å². The van der Waals surface area contributed by atoms with Crippen molar-refractivity contribution in [3.05, 3.63) is 30.0 Å². The zero-order valence-corrected chi connectivity index (χ0v) is 10.1. The number of piperidine rings is 1. The molecule has 0 unspecified atom stereocenters. The fourth-order valence-electron chi connectivity index (χ4n) is 2.43. The lowest BCUT2D eigenvalue weighted by molar-refractivity contribution is 0.162. The maximum absolute atomic E-state index is 6.02. The molecule has 3 heteroatoms. The van der Waals surface area contributed by atoms with Crippen LogP contribution in [0.4, 0.5) is 0 Å². The van der Waals surface area contributed by atoms with Gasteiger partial charge in [0.05, 0.1) is 0 Å². The number of aromatic nitrogens is 1. The van der Waals surface area contributed by atoms with Crippen molar-refractivity contribution in [3.8, 4) is 5.75 Å². The molecule has 2 aromatic rings. The predicted octanol–water partition coefficient (Wildman–Crippen LogP) is 2.61. The van der Waals surface area contributed by atoms with Crippen LogP contribution in [0.1, 0.15) is 18.5 Å². The maximum Gasteiger partial charge on any atom is 0.120 e. The van der Waals surface area contributed by atoms with E-state index in [0.29, 0.717) is 6.10 Å². The van der Waals surface area contributed by atoms with Crippen LogP contribution in [0.5, 0.6) is 5.75 Å². The van der Waals surface area contributed by atoms with Crippen molar-refractivity contribution < 1.29 is 4.74 Å². The SMILES string of the molecule is Cc1cc2cc(OC3CCNCC3)ccc2[nH]1. The van der Waals surface area contributed by atoms with E-state index >= 15 is 0 Å². The lowest BCUT2D eigenvalue weighted by Gasteiger charge is -2.23. The summed E-state index contributed by atoms with van der Waals surface area (Å²) in [6.07, 6.45) is 2.57. The third-order valence-corrected chi connectivity index (χ3v) is 3.32. The molecule has 0 amide bonds. The normalized spacial score (nSPS) is 17.5. The number of ether oxygens (including phenoxy) is 1. The summed E-state index contributed by atoms with van der Waals surface area (Å²) in [7, 11) is 0. The van der Waals surface area contributed by atoms with Gasteiger partial charge in [-0.3, -0.25) is 0 Å². The molecule has 2 N–H and O–H groups in total. The average Bonchev–Trinajstić information content (AvgIpc) is 2.70. The summed E-state index contributed by atoms with van der Waals surface area (Å²) in [6, 6.07) is 8.44. The van der Waals surface area contributed by atoms with E-state index in [9.17, 15) is 0 Å². The number of H-pyrrole nitrogens is 1. The van der Waals surface area contributed by atoms with Gasteiger partial charge in [0.1, 0.15) is 11.9 Å². The van der Waals surface area contributed by atoms with E-state index in [1.54, 1.807) is 0 Å². The minimum atomic E-state index is 0.369. The molecule has 0 bridgehead atoms. The van der Waals surface area contributed by atoms with Crippen molar-refractivity contribution in [1.29, 1.82) is 0 Å². The second-order valence-corrected chi connectivity index (χ2v) is 4.77. The molecule has 1 fully saturated rings. The van der Waals surface area contributed by atoms with Gasteiger partial charge in [0.2, 0.25) is 0 Å². The molecule has 1 aromatic carbocycles. The first-order valence-corrected chi connectivity index (χ1v) is 6.28.